The van der Waals surface area contributed by atoms with Crippen LogP contribution in [-0.2, 0) is 0 Å². The second-order valence-electron chi connectivity index (χ2n) is 9.46. The summed E-state index contributed by atoms with van der Waals surface area (Å²) in [6.45, 7) is 12.9. The molecule has 1 heterocycles. The predicted molar refractivity (Wildman–Crippen MR) is 137 cm³/mol. The van der Waals surface area contributed by atoms with Crippen molar-refractivity contribution in [2.24, 2.45) is 0 Å². The Morgan fingerprint density at radius 2 is 1.79 bits per heavy atom. The number of amides is 2. The van der Waals surface area contributed by atoms with Crippen molar-refractivity contribution in [3.8, 4) is 11.4 Å². The number of aromatic nitrogens is 2. The lowest BCUT2D eigenvalue weighted by molar-refractivity contribution is 0.166. The second-order valence-corrected chi connectivity index (χ2v) is 9.46. The Kier molecular flexibility index (Phi) is 7.97. The number of carbonyl (C=O) groups excluding carboxylic acids is 1. The maximum absolute atomic E-state index is 13.7. The number of rotatable bonds is 8. The molecule has 34 heavy (non-hydrogen) atoms. The minimum atomic E-state index is -0.433. The number of nitrogens with one attached hydrogen (secondary N) is 1. The van der Waals surface area contributed by atoms with E-state index in [1.807, 2.05) is 77.1 Å². The fraction of sp³-hybridized carbons (Fsp3) is 0.444. The summed E-state index contributed by atoms with van der Waals surface area (Å²) < 4.78 is 7.19. The highest BCUT2D eigenvalue weighted by molar-refractivity contribution is 5.78. The smallest absolute Gasteiger partial charge is 0.318 e. The Morgan fingerprint density at radius 3 is 2.41 bits per heavy atom. The summed E-state index contributed by atoms with van der Waals surface area (Å²) >= 11 is 0. The van der Waals surface area contributed by atoms with Crippen LogP contribution in [0.25, 0.3) is 16.6 Å². The van der Waals surface area contributed by atoms with Gasteiger partial charge in [0.05, 0.1) is 29.2 Å². The molecule has 3 aromatic rings. The van der Waals surface area contributed by atoms with E-state index in [9.17, 15) is 9.59 Å². The number of unbranched alkanes of at least 4 members (excludes halogenated alkanes) is 1. The van der Waals surface area contributed by atoms with Crippen LogP contribution in [-0.4, -0.2) is 39.2 Å². The van der Waals surface area contributed by atoms with E-state index in [1.165, 1.54) is 0 Å². The molecular formula is C27H36N4O3. The average Bonchev–Trinajstić information content (AvgIpc) is 2.79. The number of nitrogens with zero attached hydrogens (tertiary/aromatic N) is 3. The van der Waals surface area contributed by atoms with Gasteiger partial charge in [0.25, 0.3) is 5.56 Å². The monoisotopic (exact) mass is 464 g/mol. The standard InChI is InChI=1S/C27H36N4O3/c1-7-9-18-30(26(33)29-27(4,5)6)19(3)24-28-23-13-11-10-12-22(23)25(32)31(24)20-14-16-21(17-15-20)34-8-2/h10-17,19H,7-9,18H2,1-6H3,(H,29,33). The van der Waals surface area contributed by atoms with E-state index in [1.54, 1.807) is 15.5 Å². The van der Waals surface area contributed by atoms with Crippen molar-refractivity contribution in [1.82, 2.24) is 19.8 Å². The Hall–Kier alpha value is -3.35. The number of carbonyl (C=O) groups is 1. The predicted octanol–water partition coefficient (Wildman–Crippen LogP) is 5.46. The molecule has 1 unspecified atom stereocenters. The molecule has 0 fully saturated rings. The molecule has 2 aromatic carbocycles. The zero-order chi connectivity index (χ0) is 24.9. The van der Waals surface area contributed by atoms with Crippen LogP contribution in [0, 0.1) is 0 Å². The largest absolute Gasteiger partial charge is 0.494 e. The lowest BCUT2D eigenvalue weighted by Crippen LogP contribution is -2.50. The van der Waals surface area contributed by atoms with Gasteiger partial charge in [0.2, 0.25) is 0 Å². The first kappa shape index (κ1) is 25.3. The van der Waals surface area contributed by atoms with E-state index in [2.05, 4.69) is 12.2 Å². The highest BCUT2D eigenvalue weighted by Gasteiger charge is 2.28. The van der Waals surface area contributed by atoms with Gasteiger partial charge in [-0.3, -0.25) is 9.36 Å². The Bertz CT molecular complexity index is 1180. The van der Waals surface area contributed by atoms with E-state index in [4.69, 9.17) is 9.72 Å². The maximum Gasteiger partial charge on any atom is 0.318 e. The summed E-state index contributed by atoms with van der Waals surface area (Å²) in [7, 11) is 0. The van der Waals surface area contributed by atoms with Crippen LogP contribution < -0.4 is 15.6 Å². The van der Waals surface area contributed by atoms with Crippen LogP contribution in [0.5, 0.6) is 5.75 Å². The van der Waals surface area contributed by atoms with E-state index in [-0.39, 0.29) is 17.1 Å². The van der Waals surface area contributed by atoms with E-state index in [0.29, 0.717) is 35.6 Å². The molecule has 0 bridgehead atoms. The van der Waals surface area contributed by atoms with Crippen LogP contribution >= 0.6 is 0 Å². The molecule has 1 N–H and O–H groups in total. The zero-order valence-electron chi connectivity index (χ0n) is 21.1. The first-order valence-electron chi connectivity index (χ1n) is 12.0. The molecule has 1 aromatic heterocycles. The number of hydrogen-bond acceptors (Lipinski definition) is 4. The third-order valence-corrected chi connectivity index (χ3v) is 5.54. The van der Waals surface area contributed by atoms with E-state index >= 15 is 0 Å². The molecular weight excluding hydrogens is 428 g/mol. The first-order chi connectivity index (χ1) is 16.2. The molecule has 7 nitrogen and oxygen atoms in total. The van der Waals surface area contributed by atoms with Crippen molar-refractivity contribution in [3.05, 3.63) is 64.7 Å². The van der Waals surface area contributed by atoms with Crippen molar-refractivity contribution in [1.29, 1.82) is 0 Å². The van der Waals surface area contributed by atoms with Crippen molar-refractivity contribution in [2.75, 3.05) is 13.2 Å². The highest BCUT2D eigenvalue weighted by atomic mass is 16.5. The molecule has 0 saturated heterocycles. The molecule has 0 aliphatic carbocycles. The Morgan fingerprint density at radius 1 is 1.12 bits per heavy atom. The van der Waals surface area contributed by atoms with Gasteiger partial charge in [-0.25, -0.2) is 9.78 Å². The fourth-order valence-corrected chi connectivity index (χ4v) is 3.87. The van der Waals surface area contributed by atoms with Crippen LogP contribution in [0.15, 0.2) is 53.3 Å². The van der Waals surface area contributed by atoms with Crippen molar-refractivity contribution < 1.29 is 9.53 Å². The molecule has 0 aliphatic heterocycles. The summed E-state index contributed by atoms with van der Waals surface area (Å²) in [4.78, 5) is 33.6. The van der Waals surface area contributed by atoms with Gasteiger partial charge in [0.15, 0.2) is 0 Å². The van der Waals surface area contributed by atoms with Crippen LogP contribution in [0.2, 0.25) is 0 Å². The maximum atomic E-state index is 13.7. The average molecular weight is 465 g/mol. The van der Waals surface area contributed by atoms with Crippen LogP contribution in [0.4, 0.5) is 4.79 Å². The minimum absolute atomic E-state index is 0.164. The highest BCUT2D eigenvalue weighted by Crippen LogP contribution is 2.25. The van der Waals surface area contributed by atoms with Gasteiger partial charge < -0.3 is 15.0 Å². The number of urea groups is 1. The number of benzene rings is 2. The quantitative estimate of drug-likeness (QED) is 0.481. The van der Waals surface area contributed by atoms with E-state index in [0.717, 1.165) is 18.6 Å². The van der Waals surface area contributed by atoms with Crippen molar-refractivity contribution in [3.63, 3.8) is 0 Å². The van der Waals surface area contributed by atoms with Crippen molar-refractivity contribution >= 4 is 16.9 Å². The summed E-state index contributed by atoms with van der Waals surface area (Å²) in [5, 5.41) is 3.60. The van der Waals surface area contributed by atoms with Crippen molar-refractivity contribution in [2.45, 2.75) is 66.0 Å². The SMILES string of the molecule is CCCCN(C(=O)NC(C)(C)C)C(C)c1nc2ccccc2c(=O)n1-c1ccc(OCC)cc1. The van der Waals surface area contributed by atoms with Gasteiger partial charge in [-0.15, -0.1) is 0 Å². The second kappa shape index (κ2) is 10.7. The fourth-order valence-electron chi connectivity index (χ4n) is 3.87. The van der Waals surface area contributed by atoms with Gasteiger partial charge in [0.1, 0.15) is 11.6 Å². The summed E-state index contributed by atoms with van der Waals surface area (Å²) in [5.74, 6) is 1.25. The summed E-state index contributed by atoms with van der Waals surface area (Å²) in [5.41, 5.74) is 0.749. The Balaban J connectivity index is 2.17. The van der Waals surface area contributed by atoms with Gasteiger partial charge >= 0.3 is 6.03 Å². The number of ether oxygens (including phenoxy) is 1. The molecule has 1 atom stereocenters. The summed E-state index contributed by atoms with van der Waals surface area (Å²) in [6, 6.07) is 14.1. The molecule has 0 spiro atoms. The van der Waals surface area contributed by atoms with E-state index < -0.39 is 6.04 Å². The first-order valence-corrected chi connectivity index (χ1v) is 12.0. The number of fused-ring (bicyclic) bond motifs is 1. The molecule has 7 heteroatoms. The lowest BCUT2D eigenvalue weighted by Gasteiger charge is -2.33. The van der Waals surface area contributed by atoms with Gasteiger partial charge in [-0.2, -0.15) is 0 Å². The molecule has 3 rings (SSSR count). The van der Waals surface area contributed by atoms with Gasteiger partial charge in [-0.05, 0) is 77.4 Å². The molecule has 0 radical (unpaired) electrons. The van der Waals surface area contributed by atoms with Crippen LogP contribution in [0.1, 0.15) is 66.3 Å². The number of hydrogen-bond donors (Lipinski definition) is 1. The molecule has 0 aliphatic rings. The third-order valence-electron chi connectivity index (χ3n) is 5.54. The van der Waals surface area contributed by atoms with Gasteiger partial charge in [-0.1, -0.05) is 25.5 Å². The topological polar surface area (TPSA) is 76.5 Å². The zero-order valence-corrected chi connectivity index (χ0v) is 21.1. The van der Waals surface area contributed by atoms with Gasteiger partial charge in [0, 0.05) is 12.1 Å². The molecule has 182 valence electrons. The lowest BCUT2D eigenvalue weighted by atomic mass is 10.1. The Labute approximate surface area is 201 Å². The third kappa shape index (κ3) is 5.76. The summed E-state index contributed by atoms with van der Waals surface area (Å²) in [6.07, 6.45) is 1.80. The number of para-hydroxylation sites is 1. The minimum Gasteiger partial charge on any atom is -0.494 e. The van der Waals surface area contributed by atoms with Crippen LogP contribution in [0.3, 0.4) is 0 Å². The molecule has 2 amide bonds. The molecule has 0 saturated carbocycles. The normalized spacial score (nSPS) is 12.4.